The molecule has 0 radical (unpaired) electrons. The summed E-state index contributed by atoms with van der Waals surface area (Å²) in [6.07, 6.45) is 30.4. The maximum atomic E-state index is 11.3. The van der Waals surface area contributed by atoms with Crippen molar-refractivity contribution in [1.82, 2.24) is 4.90 Å². The van der Waals surface area contributed by atoms with Crippen LogP contribution in [0.5, 0.6) is 0 Å². The number of rotatable bonds is 24. The van der Waals surface area contributed by atoms with Gasteiger partial charge in [0.05, 0.1) is 6.61 Å². The molecule has 3 heteroatoms. The summed E-state index contributed by atoms with van der Waals surface area (Å²) >= 11 is 0. The molecule has 0 heterocycles. The van der Waals surface area contributed by atoms with Gasteiger partial charge in [0.1, 0.15) is 0 Å². The van der Waals surface area contributed by atoms with Crippen molar-refractivity contribution in [1.29, 1.82) is 0 Å². The highest BCUT2D eigenvalue weighted by atomic mass is 16.5. The fourth-order valence-corrected chi connectivity index (χ4v) is 4.35. The lowest BCUT2D eigenvalue weighted by Crippen LogP contribution is -2.27. The summed E-state index contributed by atoms with van der Waals surface area (Å²) in [5, 5.41) is 0. The van der Waals surface area contributed by atoms with Crippen molar-refractivity contribution in [2.24, 2.45) is 0 Å². The average Bonchev–Trinajstić information content (AvgIpc) is 2.77. The lowest BCUT2D eigenvalue weighted by atomic mass is 9.99. The minimum Gasteiger partial charge on any atom is -0.466 e. The largest absolute Gasteiger partial charge is 0.466 e. The maximum Gasteiger partial charge on any atom is 0.305 e. The lowest BCUT2D eigenvalue weighted by Gasteiger charge is -2.24. The lowest BCUT2D eigenvalue weighted by molar-refractivity contribution is -0.143. The fraction of sp³-hybridized carbons (Fsp3) is 0.897. The molecule has 32 heavy (non-hydrogen) atoms. The second-order valence-electron chi connectivity index (χ2n) is 9.75. The van der Waals surface area contributed by atoms with Gasteiger partial charge in [0.2, 0.25) is 0 Å². The van der Waals surface area contributed by atoms with Gasteiger partial charge < -0.3 is 9.64 Å². The Labute approximate surface area is 201 Å². The normalized spacial score (nSPS) is 12.7. The average molecular weight is 452 g/mol. The zero-order valence-corrected chi connectivity index (χ0v) is 22.3. The van der Waals surface area contributed by atoms with E-state index in [0.29, 0.717) is 13.0 Å². The Morgan fingerprint density at radius 1 is 0.688 bits per heavy atom. The molecule has 3 nitrogen and oxygen atoms in total. The van der Waals surface area contributed by atoms with Crippen molar-refractivity contribution >= 4 is 5.97 Å². The van der Waals surface area contributed by atoms with Gasteiger partial charge in [-0.3, -0.25) is 4.79 Å². The molecular formula is C29H57NO2. The number of ether oxygens (including phenoxy) is 1. The van der Waals surface area contributed by atoms with Crippen LogP contribution in [-0.4, -0.2) is 37.6 Å². The molecule has 0 aromatic heterocycles. The number of hydrogen-bond donors (Lipinski definition) is 0. The van der Waals surface area contributed by atoms with Gasteiger partial charge in [0.15, 0.2) is 0 Å². The molecule has 0 spiro atoms. The Balaban J connectivity index is 3.38. The third-order valence-electron chi connectivity index (χ3n) is 6.50. The first kappa shape index (κ1) is 31.2. The summed E-state index contributed by atoms with van der Waals surface area (Å²) in [5.74, 6) is -0.0402. The number of unbranched alkanes of at least 4 members (excludes halogenated alkanes) is 14. The second-order valence-corrected chi connectivity index (χ2v) is 9.75. The predicted octanol–water partition coefficient (Wildman–Crippen LogP) is 8.86. The van der Waals surface area contributed by atoms with E-state index in [1.165, 1.54) is 109 Å². The molecule has 0 aliphatic heterocycles. The van der Waals surface area contributed by atoms with Crippen LogP contribution in [0.2, 0.25) is 0 Å². The van der Waals surface area contributed by atoms with Crippen LogP contribution >= 0.6 is 0 Å². The molecule has 0 saturated heterocycles. The number of allylic oxidation sites excluding steroid dienone is 2. The van der Waals surface area contributed by atoms with Crippen LogP contribution in [-0.2, 0) is 9.53 Å². The van der Waals surface area contributed by atoms with E-state index >= 15 is 0 Å². The zero-order chi connectivity index (χ0) is 23.7. The molecule has 0 aromatic rings. The van der Waals surface area contributed by atoms with Crippen molar-refractivity contribution in [2.45, 2.75) is 148 Å². The van der Waals surface area contributed by atoms with Crippen molar-refractivity contribution < 1.29 is 9.53 Å². The van der Waals surface area contributed by atoms with Gasteiger partial charge in [-0.1, -0.05) is 96.1 Å². The number of nitrogens with zero attached hydrogens (tertiary/aromatic N) is 1. The highest BCUT2D eigenvalue weighted by Gasteiger charge is 2.10. The van der Waals surface area contributed by atoms with E-state index < -0.39 is 0 Å². The zero-order valence-electron chi connectivity index (χ0n) is 22.3. The third-order valence-corrected chi connectivity index (χ3v) is 6.50. The molecule has 0 N–H and O–H groups in total. The van der Waals surface area contributed by atoms with Crippen LogP contribution in [0.3, 0.4) is 0 Å². The Morgan fingerprint density at radius 3 is 1.66 bits per heavy atom. The molecule has 0 aliphatic carbocycles. The summed E-state index contributed by atoms with van der Waals surface area (Å²) in [4.78, 5) is 13.7. The van der Waals surface area contributed by atoms with Crippen LogP contribution < -0.4 is 0 Å². The Hall–Kier alpha value is -0.830. The smallest absolute Gasteiger partial charge is 0.305 e. The minimum atomic E-state index is -0.0402. The van der Waals surface area contributed by atoms with Gasteiger partial charge in [-0.15, -0.1) is 0 Å². The summed E-state index contributed by atoms with van der Waals surface area (Å²) in [5.41, 5.74) is 0. The molecule has 0 amide bonds. The molecule has 0 aliphatic rings. The second kappa shape index (κ2) is 24.8. The molecule has 0 bridgehead atoms. The van der Waals surface area contributed by atoms with Crippen LogP contribution in [0.4, 0.5) is 0 Å². The van der Waals surface area contributed by atoms with Gasteiger partial charge in [-0.05, 0) is 66.0 Å². The Kier molecular flexibility index (Phi) is 24.2. The predicted molar refractivity (Wildman–Crippen MR) is 141 cm³/mol. The molecule has 1 unspecified atom stereocenters. The van der Waals surface area contributed by atoms with Gasteiger partial charge in [0.25, 0.3) is 0 Å². The standard InChI is InChI=1S/C29H57NO2/c1-5-7-8-22-25-28(30(3)4)26-23-20-18-16-14-12-10-9-11-13-15-17-19-21-24-27-29(31)32-6-2/h9,11,28H,5-8,10,12-27H2,1-4H3/b11-9-. The highest BCUT2D eigenvalue weighted by molar-refractivity contribution is 5.69. The fourth-order valence-electron chi connectivity index (χ4n) is 4.35. The van der Waals surface area contributed by atoms with Gasteiger partial charge in [0, 0.05) is 12.5 Å². The first-order chi connectivity index (χ1) is 15.6. The molecule has 0 aromatic carbocycles. The molecular weight excluding hydrogens is 394 g/mol. The SMILES string of the molecule is CCCCCCC(CCCCCCCC/C=C\CCCCCCCC(=O)OCC)N(C)C. The van der Waals surface area contributed by atoms with Gasteiger partial charge in [-0.2, -0.15) is 0 Å². The number of carbonyl (C=O) groups excluding carboxylic acids is 1. The third kappa shape index (κ3) is 22.4. The van der Waals surface area contributed by atoms with E-state index in [9.17, 15) is 4.79 Å². The van der Waals surface area contributed by atoms with E-state index in [4.69, 9.17) is 4.74 Å². The number of carbonyl (C=O) groups is 1. The highest BCUT2D eigenvalue weighted by Crippen LogP contribution is 2.17. The molecule has 0 rings (SSSR count). The Bertz CT molecular complexity index is 419. The van der Waals surface area contributed by atoms with Crippen LogP contribution in [0.15, 0.2) is 12.2 Å². The van der Waals surface area contributed by atoms with Crippen molar-refractivity contribution in [2.75, 3.05) is 20.7 Å². The van der Waals surface area contributed by atoms with E-state index in [1.54, 1.807) is 0 Å². The molecule has 190 valence electrons. The molecule has 1 atom stereocenters. The van der Waals surface area contributed by atoms with Gasteiger partial charge in [-0.25, -0.2) is 0 Å². The summed E-state index contributed by atoms with van der Waals surface area (Å²) in [7, 11) is 4.51. The van der Waals surface area contributed by atoms with Crippen LogP contribution in [0, 0.1) is 0 Å². The first-order valence-electron chi connectivity index (χ1n) is 14.1. The molecule has 0 fully saturated rings. The van der Waals surface area contributed by atoms with E-state index in [-0.39, 0.29) is 5.97 Å². The quantitative estimate of drug-likeness (QED) is 0.0833. The Morgan fingerprint density at radius 2 is 1.16 bits per heavy atom. The van der Waals surface area contributed by atoms with E-state index in [0.717, 1.165) is 18.9 Å². The van der Waals surface area contributed by atoms with Crippen molar-refractivity contribution in [3.8, 4) is 0 Å². The number of esters is 1. The van der Waals surface area contributed by atoms with Gasteiger partial charge >= 0.3 is 5.97 Å². The maximum absolute atomic E-state index is 11.3. The van der Waals surface area contributed by atoms with Crippen molar-refractivity contribution in [3.63, 3.8) is 0 Å². The first-order valence-corrected chi connectivity index (χ1v) is 14.1. The topological polar surface area (TPSA) is 29.5 Å². The minimum absolute atomic E-state index is 0.0402. The summed E-state index contributed by atoms with van der Waals surface area (Å²) in [6, 6.07) is 0.793. The summed E-state index contributed by atoms with van der Waals surface area (Å²) < 4.78 is 4.95. The monoisotopic (exact) mass is 451 g/mol. The molecule has 0 saturated carbocycles. The number of hydrogen-bond acceptors (Lipinski definition) is 3. The van der Waals surface area contributed by atoms with Crippen LogP contribution in [0.25, 0.3) is 0 Å². The van der Waals surface area contributed by atoms with E-state index in [1.807, 2.05) is 6.92 Å². The van der Waals surface area contributed by atoms with Crippen molar-refractivity contribution in [3.05, 3.63) is 12.2 Å². The van der Waals surface area contributed by atoms with Crippen LogP contribution in [0.1, 0.15) is 142 Å². The van der Waals surface area contributed by atoms with E-state index in [2.05, 4.69) is 38.1 Å². The summed E-state index contributed by atoms with van der Waals surface area (Å²) in [6.45, 7) is 4.66.